The van der Waals surface area contributed by atoms with E-state index in [-0.39, 0.29) is 36.1 Å². The van der Waals surface area contributed by atoms with Gasteiger partial charge in [-0.2, -0.15) is 0 Å². The number of ether oxygens (including phenoxy) is 4. The lowest BCUT2D eigenvalue weighted by Crippen LogP contribution is -2.62. The van der Waals surface area contributed by atoms with Crippen LogP contribution in [0.2, 0.25) is 0 Å². The molecule has 0 spiro atoms. The van der Waals surface area contributed by atoms with Crippen LogP contribution in [0, 0.1) is 10.8 Å². The number of hydrogen-bond acceptors (Lipinski definition) is 18. The molecule has 3 fully saturated rings. The van der Waals surface area contributed by atoms with Gasteiger partial charge in [-0.1, -0.05) is 34.1 Å². The summed E-state index contributed by atoms with van der Waals surface area (Å²) in [6.07, 6.45) is -7.94. The van der Waals surface area contributed by atoms with E-state index in [2.05, 4.69) is 74.8 Å². The number of aliphatic hydroxyl groups is 9. The van der Waals surface area contributed by atoms with Gasteiger partial charge >= 0.3 is 5.97 Å². The number of rotatable bonds is 16. The topological polar surface area (TPSA) is 295 Å². The summed E-state index contributed by atoms with van der Waals surface area (Å²) < 4.78 is 27.2. The average molecular weight is 1020 g/mol. The third-order valence-corrected chi connectivity index (χ3v) is 9.39. The first-order chi connectivity index (χ1) is 25.6. The van der Waals surface area contributed by atoms with Gasteiger partial charge in [-0.15, -0.1) is 0 Å². The number of carbonyl (C=O) groups is 1. The van der Waals surface area contributed by atoms with Gasteiger partial charge in [0.2, 0.25) is 17.9 Å². The first-order valence-corrected chi connectivity index (χ1v) is 24.0. The summed E-state index contributed by atoms with van der Waals surface area (Å²) in [4.78, 5) is 40.1. The SMILES string of the molecule is CC1(C)CC(N=C=O)CC(C)(CN=C=O)C1.CCCC(O)C(O)CCCC(=O)OCC1O[C@H](O[C@]2(CO)O[C@H](CO)[C@H](O)C2O)C(O)[C@@H](O)[C@@H]1O.[2H]P(I)I. The van der Waals surface area contributed by atoms with Crippen LogP contribution in [-0.4, -0.2) is 165 Å². The Kier molecular flexibility index (Phi) is 23.2. The number of carbonyl (C=O) groups excluding carboxylic acids is 3. The third-order valence-electron chi connectivity index (χ3n) is 9.39. The Morgan fingerprint density at radius 3 is 2.15 bits per heavy atom. The van der Waals surface area contributed by atoms with Crippen LogP contribution < -0.4 is 0 Å². The smallest absolute Gasteiger partial charge is 0.305 e. The fourth-order valence-corrected chi connectivity index (χ4v) is 7.09. The van der Waals surface area contributed by atoms with Crippen LogP contribution in [0.25, 0.3) is 0 Å². The monoisotopic (exact) mass is 1020 g/mol. The van der Waals surface area contributed by atoms with Gasteiger partial charge in [-0.3, -0.25) is 4.79 Å². The van der Waals surface area contributed by atoms with Crippen molar-refractivity contribution in [3.8, 4) is 0 Å². The molecule has 0 aromatic heterocycles. The summed E-state index contributed by atoms with van der Waals surface area (Å²) in [5.74, 6) is -3.02. The molecule has 54 heavy (non-hydrogen) atoms. The highest BCUT2D eigenvalue weighted by Gasteiger charge is 2.58. The molecule has 0 aromatic carbocycles. The fraction of sp³-hybridized carbons (Fsp3) is 0.909. The number of aliphatic hydroxyl groups excluding tert-OH is 9. The second kappa shape index (κ2) is 25.2. The average Bonchev–Trinajstić information content (AvgIpc) is 3.34. The second-order valence-corrected chi connectivity index (χ2v) is 23.3. The van der Waals surface area contributed by atoms with E-state index in [9.17, 15) is 60.3 Å². The van der Waals surface area contributed by atoms with E-state index >= 15 is 0 Å². The van der Waals surface area contributed by atoms with Gasteiger partial charge in [0.05, 0.1) is 32.7 Å². The summed E-state index contributed by atoms with van der Waals surface area (Å²) in [7, 11) is 0. The maximum atomic E-state index is 12.0. The summed E-state index contributed by atoms with van der Waals surface area (Å²) in [5.41, 5.74) is 0.0561. The molecule has 0 aromatic rings. The molecule has 0 bridgehead atoms. The zero-order chi connectivity index (χ0) is 42.1. The number of hydrogen-bond donors (Lipinski definition) is 9. The van der Waals surface area contributed by atoms with Crippen molar-refractivity contribution in [3.05, 3.63) is 0 Å². The maximum absolute atomic E-state index is 12.0. The molecular weight excluding hydrogens is 965 g/mol. The van der Waals surface area contributed by atoms with Crippen LogP contribution in [0.1, 0.15) is 79.1 Å². The van der Waals surface area contributed by atoms with Crippen molar-refractivity contribution >= 4 is 66.0 Å². The van der Waals surface area contributed by atoms with E-state index in [1.807, 2.05) is 6.92 Å². The van der Waals surface area contributed by atoms with Gasteiger partial charge in [0, 0.05) is 10.2 Å². The van der Waals surface area contributed by atoms with Gasteiger partial charge in [0.1, 0.15) is 55.9 Å². The molecule has 2 saturated heterocycles. The molecule has 21 heteroatoms. The maximum Gasteiger partial charge on any atom is 0.305 e. The third kappa shape index (κ3) is 16.1. The molecule has 3 aliphatic rings. The van der Waals surface area contributed by atoms with E-state index in [1.165, 1.54) is 0 Å². The highest BCUT2D eigenvalue weighted by Crippen LogP contribution is 2.47. The summed E-state index contributed by atoms with van der Waals surface area (Å²) in [6.45, 7) is 6.43. The second-order valence-electron chi connectivity index (χ2n) is 14.8. The molecular formula is C33H57I2N2O16P. The number of esters is 1. The van der Waals surface area contributed by atoms with Crippen molar-refractivity contribution in [1.29, 1.82) is 1.28 Å². The Bertz CT molecular complexity index is 1250. The van der Waals surface area contributed by atoms with E-state index in [0.717, 1.165) is 19.3 Å². The van der Waals surface area contributed by atoms with Crippen LogP contribution >= 0.6 is 47.9 Å². The lowest BCUT2D eigenvalue weighted by Gasteiger charge is -2.44. The van der Waals surface area contributed by atoms with Crippen molar-refractivity contribution in [2.45, 2.75) is 152 Å². The molecule has 2 heterocycles. The Labute approximate surface area is 344 Å². The van der Waals surface area contributed by atoms with Crippen LogP contribution in [0.15, 0.2) is 9.98 Å². The normalized spacial score (nSPS) is 35.8. The Morgan fingerprint density at radius 2 is 1.61 bits per heavy atom. The molecule has 314 valence electrons. The zero-order valence-corrected chi connectivity index (χ0v) is 36.0. The molecule has 1 aliphatic carbocycles. The van der Waals surface area contributed by atoms with Gasteiger partial charge < -0.3 is 64.9 Å². The standard InChI is InChI=1S/C21H38O14.C12H18N2O2.HI2P/c1-2-4-10(24)11(25)5-3-6-14(26)32-8-13-15(27)17(29)18(30)20(33-13)35-21(9-23)19(31)16(28)12(7-22)34-21;1-11(2)4-10(14-9-16)5-12(3,6-11)7-13-8-15;1-3-2/h10-13,15-20,22-25,27-31H,2-9H2,1H3;10H,4-7H2,1-3H3;3H/t10?,11?,12-,13?,15-,16+,17+,18?,19?,20-,21+;;/m1../s1/i;;3D. The number of halogens is 2. The first kappa shape index (κ1) is 49.8. The molecule has 13 atom stereocenters. The predicted octanol–water partition coefficient (Wildman–Crippen LogP) is 0.455. The van der Waals surface area contributed by atoms with Crippen molar-refractivity contribution in [1.82, 2.24) is 0 Å². The van der Waals surface area contributed by atoms with Crippen molar-refractivity contribution < 1.29 is 79.3 Å². The lowest BCUT2D eigenvalue weighted by molar-refractivity contribution is -0.383. The van der Waals surface area contributed by atoms with Crippen LogP contribution in [-0.2, 0) is 33.3 Å². The Morgan fingerprint density at radius 1 is 0.981 bits per heavy atom. The number of nitrogens with zero attached hydrogens (tertiary/aromatic N) is 2. The number of isocyanates is 2. The van der Waals surface area contributed by atoms with Gasteiger partial charge in [-0.05, 0) is 93.4 Å². The van der Waals surface area contributed by atoms with Crippen molar-refractivity contribution in [2.24, 2.45) is 20.8 Å². The van der Waals surface area contributed by atoms with Gasteiger partial charge in [-0.25, -0.2) is 19.6 Å². The van der Waals surface area contributed by atoms with Crippen LogP contribution in [0.3, 0.4) is 0 Å². The minimum Gasteiger partial charge on any atom is -0.463 e. The summed E-state index contributed by atoms with van der Waals surface area (Å²) in [5, 5.41) is 89.4. The quantitative estimate of drug-likeness (QED) is 0.0334. The van der Waals surface area contributed by atoms with Gasteiger partial charge in [0.15, 0.2) is 6.29 Å². The Hall–Kier alpha value is -0.360. The minimum absolute atomic E-state index is 0.00750. The Balaban J connectivity index is 0.000000624. The molecule has 0 amide bonds. The highest BCUT2D eigenvalue weighted by molar-refractivity contribution is 14.3. The van der Waals surface area contributed by atoms with E-state index in [4.69, 9.17) is 20.2 Å². The highest BCUT2D eigenvalue weighted by atomic mass is 127. The predicted molar refractivity (Wildman–Crippen MR) is 210 cm³/mol. The molecule has 2 aliphatic heterocycles. The molecule has 3 rings (SSSR count). The fourth-order valence-electron chi connectivity index (χ4n) is 7.09. The minimum atomic E-state index is -2.31. The molecule has 7 unspecified atom stereocenters. The summed E-state index contributed by atoms with van der Waals surface area (Å²) in [6, 6.07) is 0.00750. The zero-order valence-electron chi connectivity index (χ0n) is 31.8. The van der Waals surface area contributed by atoms with Gasteiger partial charge in [0.25, 0.3) is 0 Å². The van der Waals surface area contributed by atoms with E-state index in [1.54, 1.807) is 12.2 Å². The lowest BCUT2D eigenvalue weighted by atomic mass is 9.63. The molecule has 0 radical (unpaired) electrons. The van der Waals surface area contributed by atoms with Crippen molar-refractivity contribution in [3.63, 3.8) is 0 Å². The van der Waals surface area contributed by atoms with E-state index < -0.39 is 96.6 Å². The van der Waals surface area contributed by atoms with E-state index in [0.29, 0.717) is 19.4 Å². The molecule has 18 nitrogen and oxygen atoms in total. The number of aliphatic imine (C=N–C) groups is 2. The van der Waals surface area contributed by atoms with Crippen LogP contribution in [0.4, 0.5) is 0 Å². The molecule has 1 saturated carbocycles. The molecule has 9 N–H and O–H groups in total. The first-order valence-electron chi connectivity index (χ1n) is 18.0. The van der Waals surface area contributed by atoms with Crippen molar-refractivity contribution in [2.75, 3.05) is 26.4 Å². The van der Waals surface area contributed by atoms with Crippen LogP contribution in [0.5, 0.6) is 0 Å². The largest absolute Gasteiger partial charge is 0.463 e. The summed E-state index contributed by atoms with van der Waals surface area (Å²) >= 11 is 4.12.